The van der Waals surface area contributed by atoms with Crippen LogP contribution in [0.5, 0.6) is 5.75 Å². The highest BCUT2D eigenvalue weighted by Gasteiger charge is 2.26. The van der Waals surface area contributed by atoms with Crippen LogP contribution in [0.1, 0.15) is 22.8 Å². The van der Waals surface area contributed by atoms with E-state index in [1.165, 1.54) is 6.07 Å². The summed E-state index contributed by atoms with van der Waals surface area (Å²) in [6.07, 6.45) is -0.624. The van der Waals surface area contributed by atoms with Gasteiger partial charge in [0.25, 0.3) is 11.8 Å². The fourth-order valence-electron chi connectivity index (χ4n) is 3.77. The van der Waals surface area contributed by atoms with Crippen molar-refractivity contribution >= 4 is 23.2 Å². The number of benzene rings is 2. The molecule has 2 aliphatic rings. The average Bonchev–Trinajstić information content (AvgIpc) is 2.76. The summed E-state index contributed by atoms with van der Waals surface area (Å²) in [4.78, 5) is 27.9. The van der Waals surface area contributed by atoms with Gasteiger partial charge in [-0.3, -0.25) is 14.5 Å². The van der Waals surface area contributed by atoms with Crippen LogP contribution in [0.15, 0.2) is 36.4 Å². The summed E-state index contributed by atoms with van der Waals surface area (Å²) >= 11 is 0. The molecule has 0 spiro atoms. The summed E-state index contributed by atoms with van der Waals surface area (Å²) in [6.45, 7) is 5.29. The van der Waals surface area contributed by atoms with Crippen molar-refractivity contribution in [2.45, 2.75) is 19.6 Å². The van der Waals surface area contributed by atoms with Crippen LogP contribution in [0.2, 0.25) is 0 Å². The van der Waals surface area contributed by atoms with Crippen molar-refractivity contribution in [1.82, 2.24) is 10.2 Å². The first-order chi connectivity index (χ1) is 14.4. The zero-order valence-corrected chi connectivity index (χ0v) is 17.1. The molecule has 0 radical (unpaired) electrons. The van der Waals surface area contributed by atoms with Crippen LogP contribution in [0.3, 0.4) is 0 Å². The SMILES string of the molecule is CNC(=O)c1ccc(N2CCN(Cc3cc4c(cc3F)OC(C)C(=O)N4)CC2)cc1. The lowest BCUT2D eigenvalue weighted by atomic mass is 10.1. The summed E-state index contributed by atoms with van der Waals surface area (Å²) < 4.78 is 20.0. The second-order valence-corrected chi connectivity index (χ2v) is 7.58. The smallest absolute Gasteiger partial charge is 0.265 e. The van der Waals surface area contributed by atoms with E-state index in [9.17, 15) is 14.0 Å². The van der Waals surface area contributed by atoms with Crippen molar-refractivity contribution in [2.75, 3.05) is 43.4 Å². The van der Waals surface area contributed by atoms with Crippen molar-refractivity contribution in [2.24, 2.45) is 0 Å². The lowest BCUT2D eigenvalue weighted by Gasteiger charge is -2.36. The van der Waals surface area contributed by atoms with Crippen LogP contribution in [0.25, 0.3) is 0 Å². The van der Waals surface area contributed by atoms with Gasteiger partial charge in [-0.05, 0) is 37.3 Å². The lowest BCUT2D eigenvalue weighted by Crippen LogP contribution is -2.46. The second-order valence-electron chi connectivity index (χ2n) is 7.58. The Bertz CT molecular complexity index is 956. The Balaban J connectivity index is 1.38. The molecule has 1 unspecified atom stereocenters. The highest BCUT2D eigenvalue weighted by molar-refractivity contribution is 5.97. The average molecular weight is 412 g/mol. The third-order valence-corrected chi connectivity index (χ3v) is 5.57. The number of nitrogens with one attached hydrogen (secondary N) is 2. The van der Waals surface area contributed by atoms with E-state index < -0.39 is 6.10 Å². The number of halogens is 1. The molecule has 2 aromatic rings. The molecule has 2 aromatic carbocycles. The number of hydrogen-bond donors (Lipinski definition) is 2. The van der Waals surface area contributed by atoms with Gasteiger partial charge in [0, 0.05) is 62.7 Å². The maximum absolute atomic E-state index is 14.6. The molecular formula is C22H25FN4O3. The molecule has 0 saturated carbocycles. The van der Waals surface area contributed by atoms with E-state index in [1.54, 1.807) is 20.0 Å². The number of hydrogen-bond acceptors (Lipinski definition) is 5. The standard InChI is InChI=1S/C22H25FN4O3/c1-14-21(28)25-19-11-16(18(23)12-20(19)30-14)13-26-7-9-27(10-8-26)17-5-3-15(4-6-17)22(29)24-2/h3-6,11-12,14H,7-10,13H2,1-2H3,(H,24,29)(H,25,28). The van der Waals surface area contributed by atoms with Gasteiger partial charge >= 0.3 is 0 Å². The van der Waals surface area contributed by atoms with Crippen LogP contribution in [0, 0.1) is 5.82 Å². The van der Waals surface area contributed by atoms with Gasteiger partial charge in [-0.15, -0.1) is 0 Å². The normalized spacial score (nSPS) is 19.0. The molecule has 1 atom stereocenters. The van der Waals surface area contributed by atoms with Gasteiger partial charge in [0.05, 0.1) is 5.69 Å². The molecule has 8 heteroatoms. The predicted octanol–water partition coefficient (Wildman–Crippen LogP) is 2.23. The van der Waals surface area contributed by atoms with E-state index in [0.29, 0.717) is 29.1 Å². The number of rotatable bonds is 4. The maximum Gasteiger partial charge on any atom is 0.265 e. The Hall–Kier alpha value is -3.13. The number of anilines is 2. The third kappa shape index (κ3) is 4.09. The molecule has 7 nitrogen and oxygen atoms in total. The number of piperazine rings is 1. The first kappa shape index (κ1) is 20.2. The number of carbonyl (C=O) groups excluding carboxylic acids is 2. The molecule has 30 heavy (non-hydrogen) atoms. The number of ether oxygens (including phenoxy) is 1. The number of amides is 2. The molecule has 2 aliphatic heterocycles. The fourth-order valence-corrected chi connectivity index (χ4v) is 3.77. The van der Waals surface area contributed by atoms with Crippen molar-refractivity contribution in [1.29, 1.82) is 0 Å². The summed E-state index contributed by atoms with van der Waals surface area (Å²) in [7, 11) is 1.61. The van der Waals surface area contributed by atoms with Gasteiger partial charge in [-0.25, -0.2) is 4.39 Å². The molecule has 4 rings (SSSR count). The molecular weight excluding hydrogens is 387 g/mol. The maximum atomic E-state index is 14.6. The van der Waals surface area contributed by atoms with Crippen LogP contribution < -0.4 is 20.3 Å². The Morgan fingerprint density at radius 3 is 2.57 bits per heavy atom. The van der Waals surface area contributed by atoms with Crippen molar-refractivity contribution in [3.63, 3.8) is 0 Å². The Morgan fingerprint density at radius 1 is 1.20 bits per heavy atom. The summed E-state index contributed by atoms with van der Waals surface area (Å²) in [5.41, 5.74) is 2.75. The molecule has 0 aliphatic carbocycles. The van der Waals surface area contributed by atoms with Crippen molar-refractivity contribution in [3.05, 3.63) is 53.3 Å². The van der Waals surface area contributed by atoms with Gasteiger partial charge in [-0.1, -0.05) is 0 Å². The minimum atomic E-state index is -0.624. The molecule has 2 N–H and O–H groups in total. The number of fused-ring (bicyclic) bond motifs is 1. The molecule has 2 amide bonds. The Labute approximate surface area is 174 Å². The van der Waals surface area contributed by atoms with Gasteiger partial charge in [0.1, 0.15) is 11.6 Å². The zero-order chi connectivity index (χ0) is 21.3. The zero-order valence-electron chi connectivity index (χ0n) is 17.1. The van der Waals surface area contributed by atoms with E-state index in [-0.39, 0.29) is 17.6 Å². The largest absolute Gasteiger partial charge is 0.479 e. The molecule has 0 aromatic heterocycles. The summed E-state index contributed by atoms with van der Waals surface area (Å²) in [5.74, 6) is -0.289. The minimum absolute atomic E-state index is 0.102. The topological polar surface area (TPSA) is 73.9 Å². The van der Waals surface area contributed by atoms with Gasteiger partial charge in [-0.2, -0.15) is 0 Å². The first-order valence-corrected chi connectivity index (χ1v) is 10.0. The lowest BCUT2D eigenvalue weighted by molar-refractivity contribution is -0.122. The van der Waals surface area contributed by atoms with Gasteiger partial charge in [0.2, 0.25) is 0 Å². The van der Waals surface area contributed by atoms with E-state index >= 15 is 0 Å². The van der Waals surface area contributed by atoms with E-state index in [0.717, 1.165) is 31.9 Å². The monoisotopic (exact) mass is 412 g/mol. The number of nitrogens with zero attached hydrogens (tertiary/aromatic N) is 2. The van der Waals surface area contributed by atoms with Crippen molar-refractivity contribution in [3.8, 4) is 5.75 Å². The van der Waals surface area contributed by atoms with Crippen LogP contribution in [0.4, 0.5) is 15.8 Å². The van der Waals surface area contributed by atoms with Crippen molar-refractivity contribution < 1.29 is 18.7 Å². The molecule has 1 fully saturated rings. The Morgan fingerprint density at radius 2 is 1.90 bits per heavy atom. The molecule has 0 bridgehead atoms. The van der Waals surface area contributed by atoms with Gasteiger partial charge < -0.3 is 20.3 Å². The number of carbonyl (C=O) groups is 2. The van der Waals surface area contributed by atoms with Crippen LogP contribution >= 0.6 is 0 Å². The second kappa shape index (κ2) is 8.31. The predicted molar refractivity (Wildman–Crippen MR) is 112 cm³/mol. The fraction of sp³-hybridized carbons (Fsp3) is 0.364. The van der Waals surface area contributed by atoms with Gasteiger partial charge in [0.15, 0.2) is 6.10 Å². The minimum Gasteiger partial charge on any atom is -0.479 e. The van der Waals surface area contributed by atoms with E-state index in [1.807, 2.05) is 24.3 Å². The summed E-state index contributed by atoms with van der Waals surface area (Å²) in [5, 5.41) is 5.39. The molecule has 158 valence electrons. The molecule has 1 saturated heterocycles. The quantitative estimate of drug-likeness (QED) is 0.806. The summed E-state index contributed by atoms with van der Waals surface area (Å²) in [6, 6.07) is 10.6. The van der Waals surface area contributed by atoms with Crippen LogP contribution in [-0.2, 0) is 11.3 Å². The first-order valence-electron chi connectivity index (χ1n) is 10.0. The Kier molecular flexibility index (Phi) is 5.59. The van der Waals surface area contributed by atoms with E-state index in [4.69, 9.17) is 4.74 Å². The highest BCUT2D eigenvalue weighted by Crippen LogP contribution is 2.33. The van der Waals surface area contributed by atoms with Crippen LogP contribution in [-0.4, -0.2) is 56.0 Å². The van der Waals surface area contributed by atoms with E-state index in [2.05, 4.69) is 20.4 Å². The third-order valence-electron chi connectivity index (χ3n) is 5.57. The highest BCUT2D eigenvalue weighted by atomic mass is 19.1. The molecule has 2 heterocycles.